The highest BCUT2D eigenvalue weighted by Crippen LogP contribution is 2.38. The van der Waals surface area contributed by atoms with Crippen LogP contribution in [0.5, 0.6) is 0 Å². The van der Waals surface area contributed by atoms with E-state index in [9.17, 15) is 28.8 Å². The largest absolute Gasteiger partial charge is 0.370 e. The molecule has 21 nitrogen and oxygen atoms in total. The van der Waals surface area contributed by atoms with Crippen LogP contribution in [0.1, 0.15) is 88.7 Å². The molecule has 69 heavy (non-hydrogen) atoms. The lowest BCUT2D eigenvalue weighted by atomic mass is 9.70. The van der Waals surface area contributed by atoms with Gasteiger partial charge in [-0.25, -0.2) is 0 Å². The maximum Gasteiger partial charge on any atom is 0.245 e. The number of hydrogen-bond donors (Lipinski definition) is 11. The topological polar surface area (TPSA) is 339 Å². The fourth-order valence-electron chi connectivity index (χ4n) is 9.44. The Hall–Kier alpha value is -7.03. The van der Waals surface area contributed by atoms with Crippen molar-refractivity contribution in [2.24, 2.45) is 32.9 Å². The molecule has 15 N–H and O–H groups in total. The van der Waals surface area contributed by atoms with E-state index in [1.54, 1.807) is 6.20 Å². The molecule has 1 aromatic heterocycles. The van der Waals surface area contributed by atoms with Crippen LogP contribution in [0.15, 0.2) is 70.8 Å². The highest BCUT2D eigenvalue weighted by molar-refractivity contribution is 6.00. The number of Topliss-reactive ketones (excluding diaryl/α,β-unsaturated/α-hetero) is 1. The monoisotopic (exact) mass is 953 g/mol. The van der Waals surface area contributed by atoms with Gasteiger partial charge in [-0.3, -0.25) is 48.9 Å². The van der Waals surface area contributed by atoms with Gasteiger partial charge in [0.05, 0.1) is 17.6 Å². The van der Waals surface area contributed by atoms with Crippen molar-refractivity contribution in [2.75, 3.05) is 26.2 Å². The number of carbonyl (C=O) groups excluding carboxylic acids is 7. The summed E-state index contributed by atoms with van der Waals surface area (Å²) in [6.45, 7) is 1.97. The summed E-state index contributed by atoms with van der Waals surface area (Å²) in [6.07, 6.45) is 5.57. The Labute approximate surface area is 401 Å². The van der Waals surface area contributed by atoms with Crippen LogP contribution >= 0.6 is 0 Å². The molecule has 2 saturated heterocycles. The third-order valence-corrected chi connectivity index (χ3v) is 13.1. The first kappa shape index (κ1) is 51.4. The molecule has 21 heteroatoms. The molecule has 3 heterocycles. The summed E-state index contributed by atoms with van der Waals surface area (Å²) in [7, 11) is 0. The number of hydrogen-bond acceptors (Lipinski definition) is 10. The molecule has 0 radical (unpaired) electrons. The highest BCUT2D eigenvalue weighted by atomic mass is 16.2. The summed E-state index contributed by atoms with van der Waals surface area (Å²) in [5.41, 5.74) is 23.6. The predicted octanol–water partition coefficient (Wildman–Crippen LogP) is -0.630. The number of amides is 6. The minimum atomic E-state index is -1.19. The number of ketones is 1. The molecule has 0 bridgehead atoms. The van der Waals surface area contributed by atoms with Crippen LogP contribution in [-0.2, 0) is 46.4 Å². The molecule has 1 aliphatic carbocycles. The van der Waals surface area contributed by atoms with Crippen molar-refractivity contribution in [3.63, 3.8) is 0 Å². The van der Waals surface area contributed by atoms with Gasteiger partial charge >= 0.3 is 0 Å². The van der Waals surface area contributed by atoms with E-state index in [1.165, 1.54) is 11.8 Å². The van der Waals surface area contributed by atoms with E-state index in [0.717, 1.165) is 22.0 Å². The normalized spacial score (nSPS) is 22.9. The predicted molar refractivity (Wildman–Crippen MR) is 261 cm³/mol. The van der Waals surface area contributed by atoms with Gasteiger partial charge in [0, 0.05) is 63.0 Å². The first-order chi connectivity index (χ1) is 33.1. The molecule has 1 spiro atoms. The number of aliphatic imine (C=N–C) groups is 2. The summed E-state index contributed by atoms with van der Waals surface area (Å²) < 4.78 is 0. The summed E-state index contributed by atoms with van der Waals surface area (Å²) >= 11 is 0. The van der Waals surface area contributed by atoms with Crippen LogP contribution in [0.25, 0.3) is 10.9 Å². The zero-order chi connectivity index (χ0) is 49.5. The molecule has 1 saturated carbocycles. The first-order valence-corrected chi connectivity index (χ1v) is 23.9. The number of benzene rings is 2. The maximum absolute atomic E-state index is 15.0. The number of guanidine groups is 2. The average Bonchev–Trinajstić information content (AvgIpc) is 3.97. The van der Waals surface area contributed by atoms with Gasteiger partial charge in [-0.2, -0.15) is 0 Å². The van der Waals surface area contributed by atoms with Gasteiger partial charge < -0.3 is 59.4 Å². The molecule has 6 amide bonds. The molecule has 372 valence electrons. The molecule has 6 rings (SSSR count). The van der Waals surface area contributed by atoms with Gasteiger partial charge in [-0.1, -0.05) is 48.5 Å². The van der Waals surface area contributed by atoms with Crippen LogP contribution in [0.4, 0.5) is 0 Å². The van der Waals surface area contributed by atoms with Crippen molar-refractivity contribution in [2.45, 2.75) is 132 Å². The fourth-order valence-corrected chi connectivity index (χ4v) is 9.44. The van der Waals surface area contributed by atoms with Crippen LogP contribution in [0.2, 0.25) is 0 Å². The van der Waals surface area contributed by atoms with Gasteiger partial charge in [-0.15, -0.1) is 0 Å². The molecule has 3 fully saturated rings. The summed E-state index contributed by atoms with van der Waals surface area (Å²) in [5, 5.41) is 18.6. The van der Waals surface area contributed by atoms with Gasteiger partial charge in [0.2, 0.25) is 35.4 Å². The maximum atomic E-state index is 15.0. The van der Waals surface area contributed by atoms with Gasteiger partial charge in [0.15, 0.2) is 17.7 Å². The third kappa shape index (κ3) is 14.0. The number of nitrogens with two attached hydrogens (primary N) is 4. The number of nitrogens with zero attached hydrogens (tertiary/aromatic N) is 3. The Morgan fingerprint density at radius 1 is 0.797 bits per heavy atom. The number of aromatic amines is 1. The number of aromatic nitrogens is 1. The van der Waals surface area contributed by atoms with E-state index in [0.29, 0.717) is 44.9 Å². The van der Waals surface area contributed by atoms with Crippen molar-refractivity contribution in [1.82, 2.24) is 41.8 Å². The van der Waals surface area contributed by atoms with E-state index in [4.69, 9.17) is 22.9 Å². The molecule has 3 aromatic rings. The van der Waals surface area contributed by atoms with Crippen molar-refractivity contribution in [3.8, 4) is 0 Å². The standard InChI is InChI=1S/C48H68N14O7/c1-29(63)57-37(26-30-12-3-2-4-13-30)43(67)59-36-18-9-22-53-41(65)34(16-7-23-54-46(49)50)58-44(68)38(27-31-28-56-33-15-6-5-14-32(31)33)60-42(66)35(17-8-24-55-47(51)52)61-48(20-11-21-48)40(64)39-19-10-25-62(39)45(36)69/h2-6,12-15,28,34-39,56,61H,7-11,16-27H2,1H3,(H,53,65)(H,57,63)(H,58,68)(H,59,67)(H,60,66)(H4,49,50,54)(H4,51,52,55)/t34-,35+,36-,37-,38?,39-/m0/s1. The van der Waals surface area contributed by atoms with E-state index in [-0.39, 0.29) is 82.4 Å². The number of nitrogens with one attached hydrogen (secondary N) is 7. The fraction of sp³-hybridized carbons (Fsp3) is 0.521. The molecular weight excluding hydrogens is 885 g/mol. The SMILES string of the molecule is CC(=O)N[C@@H](Cc1ccccc1)C(=O)N[C@H]1CCCNC(=O)[C@H](CCCN=C(N)N)NC(=O)C(Cc2c[nH]c3ccccc23)NC(=O)[C@@H](CCCN=C(N)N)NC2(CCC2)C(=O)[C@@H]2CCCN2C1=O. The Morgan fingerprint density at radius 3 is 2.12 bits per heavy atom. The Kier molecular flexibility index (Phi) is 18.1. The minimum absolute atomic E-state index is 0.0460. The van der Waals surface area contributed by atoms with Gasteiger partial charge in [0.25, 0.3) is 0 Å². The summed E-state index contributed by atoms with van der Waals surface area (Å²) in [4.78, 5) is 113. The summed E-state index contributed by atoms with van der Waals surface area (Å²) in [5.74, 6) is -3.70. The summed E-state index contributed by atoms with van der Waals surface area (Å²) in [6, 6.07) is 10.4. The number of fused-ring (bicyclic) bond motifs is 2. The van der Waals surface area contributed by atoms with Crippen LogP contribution < -0.4 is 54.8 Å². The van der Waals surface area contributed by atoms with E-state index in [1.807, 2.05) is 54.6 Å². The van der Waals surface area contributed by atoms with Crippen LogP contribution in [-0.4, -0.2) is 131 Å². The molecule has 1 unspecified atom stereocenters. The lowest BCUT2D eigenvalue weighted by Gasteiger charge is -2.46. The number of carbonyl (C=O) groups is 7. The Morgan fingerprint density at radius 2 is 1.45 bits per heavy atom. The quantitative estimate of drug-likeness (QED) is 0.0516. The lowest BCUT2D eigenvalue weighted by Crippen LogP contribution is -2.67. The van der Waals surface area contributed by atoms with Crippen molar-refractivity contribution in [1.29, 1.82) is 0 Å². The molecule has 2 aromatic carbocycles. The Bertz CT molecular complexity index is 2360. The van der Waals surface area contributed by atoms with E-state index >= 15 is 4.79 Å². The second kappa shape index (κ2) is 24.3. The van der Waals surface area contributed by atoms with E-state index < -0.39 is 77.2 Å². The van der Waals surface area contributed by atoms with Crippen molar-refractivity contribution in [3.05, 3.63) is 71.9 Å². The highest BCUT2D eigenvalue weighted by Gasteiger charge is 2.52. The van der Waals surface area contributed by atoms with E-state index in [2.05, 4.69) is 46.9 Å². The second-order valence-electron chi connectivity index (χ2n) is 18.2. The number of H-pyrrole nitrogens is 1. The molecule has 2 aliphatic heterocycles. The molecule has 6 atom stereocenters. The van der Waals surface area contributed by atoms with Crippen molar-refractivity contribution < 1.29 is 33.6 Å². The number of para-hydroxylation sites is 1. The van der Waals surface area contributed by atoms with Crippen LogP contribution in [0, 0.1) is 0 Å². The molecule has 3 aliphatic rings. The van der Waals surface area contributed by atoms with Crippen LogP contribution in [0.3, 0.4) is 0 Å². The minimum Gasteiger partial charge on any atom is -0.370 e. The van der Waals surface area contributed by atoms with Gasteiger partial charge in [-0.05, 0) is 87.8 Å². The smallest absolute Gasteiger partial charge is 0.245 e. The Balaban J connectivity index is 1.35. The molecular formula is C48H68N14O7. The first-order valence-electron chi connectivity index (χ1n) is 23.9. The second-order valence-corrected chi connectivity index (χ2v) is 18.2. The van der Waals surface area contributed by atoms with Crippen molar-refractivity contribution >= 4 is 64.0 Å². The van der Waals surface area contributed by atoms with Gasteiger partial charge in [0.1, 0.15) is 24.2 Å². The lowest BCUT2D eigenvalue weighted by molar-refractivity contribution is -0.145. The zero-order valence-corrected chi connectivity index (χ0v) is 39.3. The third-order valence-electron chi connectivity index (χ3n) is 13.1. The number of rotatable bonds is 15. The zero-order valence-electron chi connectivity index (χ0n) is 39.3. The average molecular weight is 953 g/mol.